The second-order valence-corrected chi connectivity index (χ2v) is 7.15. The van der Waals surface area contributed by atoms with Crippen LogP contribution < -0.4 is 0 Å². The number of amides is 1. The van der Waals surface area contributed by atoms with Crippen LogP contribution in [0.4, 0.5) is 0 Å². The number of hydrogen-bond donors (Lipinski definition) is 0. The second-order valence-electron chi connectivity index (χ2n) is 7.15. The Labute approximate surface area is 148 Å². The van der Waals surface area contributed by atoms with Crippen molar-refractivity contribution in [3.8, 4) is 0 Å². The monoisotopic (exact) mass is 333 g/mol. The summed E-state index contributed by atoms with van der Waals surface area (Å²) < 4.78 is 0. The summed E-state index contributed by atoms with van der Waals surface area (Å²) in [5.74, 6) is 0.614. The number of aromatic nitrogens is 1. The minimum Gasteiger partial charge on any atom is -0.341 e. The van der Waals surface area contributed by atoms with E-state index in [-0.39, 0.29) is 5.91 Å². The average Bonchev–Trinajstić information content (AvgIpc) is 3.05. The van der Waals surface area contributed by atoms with Crippen LogP contribution >= 0.6 is 0 Å². The number of rotatable bonds is 3. The van der Waals surface area contributed by atoms with Crippen molar-refractivity contribution >= 4 is 27.6 Å². The molecule has 0 saturated carbocycles. The molecule has 0 unspecified atom stereocenters. The molecule has 1 amide bonds. The number of hydrogen-bond acceptors (Lipinski definition) is 3. The van der Waals surface area contributed by atoms with Gasteiger partial charge in [0.25, 0.3) is 5.91 Å². The van der Waals surface area contributed by atoms with Crippen LogP contribution in [0.3, 0.4) is 0 Å². The smallest absolute Gasteiger partial charge is 0.255 e. The number of nitrogens with zero attached hydrogens (tertiary/aromatic N) is 3. The summed E-state index contributed by atoms with van der Waals surface area (Å²) in [5, 5.41) is 3.26. The lowest BCUT2D eigenvalue weighted by atomic mass is 9.99. The van der Waals surface area contributed by atoms with Crippen molar-refractivity contribution < 1.29 is 4.79 Å². The van der Waals surface area contributed by atoms with Crippen molar-refractivity contribution in [1.82, 2.24) is 14.8 Å². The maximum absolute atomic E-state index is 13.1. The van der Waals surface area contributed by atoms with Gasteiger partial charge in [-0.25, -0.2) is 0 Å². The van der Waals surface area contributed by atoms with Gasteiger partial charge in [-0.3, -0.25) is 9.78 Å². The molecule has 1 aliphatic heterocycles. The van der Waals surface area contributed by atoms with Crippen molar-refractivity contribution in [3.05, 3.63) is 54.2 Å². The van der Waals surface area contributed by atoms with Gasteiger partial charge in [-0.15, -0.1) is 0 Å². The standard InChI is InChI=1S/C21H23N3O/c1-23-11-9-15(13-23)14-24(2)21(25)19-12-16-6-3-4-7-17(16)18-8-5-10-22-20(18)19/h3-8,10,12,15H,9,11,13-14H2,1-2H3/t15-/m1/s1. The molecule has 1 fully saturated rings. The second kappa shape index (κ2) is 6.45. The van der Waals surface area contributed by atoms with Gasteiger partial charge in [0.1, 0.15) is 0 Å². The number of carbonyl (C=O) groups excluding carboxylic acids is 1. The summed E-state index contributed by atoms with van der Waals surface area (Å²) in [6.07, 6.45) is 2.92. The Morgan fingerprint density at radius 3 is 2.84 bits per heavy atom. The number of likely N-dealkylation sites (tertiary alicyclic amines) is 1. The highest BCUT2D eigenvalue weighted by atomic mass is 16.2. The van der Waals surface area contributed by atoms with E-state index in [0.717, 1.165) is 47.7 Å². The van der Waals surface area contributed by atoms with E-state index < -0.39 is 0 Å². The van der Waals surface area contributed by atoms with Crippen molar-refractivity contribution in [3.63, 3.8) is 0 Å². The quantitative estimate of drug-likeness (QED) is 0.689. The van der Waals surface area contributed by atoms with E-state index in [9.17, 15) is 4.79 Å². The third-order valence-corrected chi connectivity index (χ3v) is 5.21. The molecule has 1 aliphatic rings. The molecular weight excluding hydrogens is 310 g/mol. The highest BCUT2D eigenvalue weighted by molar-refractivity contribution is 6.15. The predicted octanol–water partition coefficient (Wildman–Crippen LogP) is 3.41. The fourth-order valence-electron chi connectivity index (χ4n) is 3.94. The third-order valence-electron chi connectivity index (χ3n) is 5.21. The van der Waals surface area contributed by atoms with Gasteiger partial charge >= 0.3 is 0 Å². The topological polar surface area (TPSA) is 36.4 Å². The normalized spacial score (nSPS) is 18.1. The predicted molar refractivity (Wildman–Crippen MR) is 102 cm³/mol. The highest BCUT2D eigenvalue weighted by Crippen LogP contribution is 2.28. The van der Waals surface area contributed by atoms with Crippen LogP contribution in [-0.4, -0.2) is 54.4 Å². The Balaban J connectivity index is 1.73. The molecule has 1 aromatic heterocycles. The van der Waals surface area contributed by atoms with Gasteiger partial charge in [0, 0.05) is 31.7 Å². The molecular formula is C21H23N3O. The lowest BCUT2D eigenvalue weighted by Crippen LogP contribution is -2.33. The molecule has 2 aromatic carbocycles. The van der Waals surface area contributed by atoms with Gasteiger partial charge in [-0.2, -0.15) is 0 Å². The van der Waals surface area contributed by atoms with Crippen molar-refractivity contribution in [2.45, 2.75) is 6.42 Å². The molecule has 4 heteroatoms. The number of benzene rings is 2. The first kappa shape index (κ1) is 16.0. The van der Waals surface area contributed by atoms with E-state index in [2.05, 4.69) is 29.1 Å². The fourth-order valence-corrected chi connectivity index (χ4v) is 3.94. The molecule has 2 heterocycles. The lowest BCUT2D eigenvalue weighted by molar-refractivity contribution is 0.0776. The van der Waals surface area contributed by atoms with E-state index in [1.54, 1.807) is 6.20 Å². The van der Waals surface area contributed by atoms with Gasteiger partial charge in [-0.1, -0.05) is 30.3 Å². The first-order chi connectivity index (χ1) is 12.1. The first-order valence-electron chi connectivity index (χ1n) is 8.84. The van der Waals surface area contributed by atoms with Crippen LogP contribution in [0.15, 0.2) is 48.7 Å². The van der Waals surface area contributed by atoms with Crippen molar-refractivity contribution in [2.24, 2.45) is 5.92 Å². The van der Waals surface area contributed by atoms with Gasteiger partial charge in [0.2, 0.25) is 0 Å². The molecule has 3 aromatic rings. The molecule has 128 valence electrons. The summed E-state index contributed by atoms with van der Waals surface area (Å²) in [4.78, 5) is 21.9. The third kappa shape index (κ3) is 2.98. The van der Waals surface area contributed by atoms with Crippen LogP contribution in [0.25, 0.3) is 21.7 Å². The van der Waals surface area contributed by atoms with Gasteiger partial charge in [-0.05, 0) is 48.8 Å². The Kier molecular flexibility index (Phi) is 4.14. The van der Waals surface area contributed by atoms with Crippen LogP contribution in [0.2, 0.25) is 0 Å². The van der Waals surface area contributed by atoms with E-state index in [1.165, 1.54) is 0 Å². The van der Waals surface area contributed by atoms with Gasteiger partial charge in [0.15, 0.2) is 0 Å². The molecule has 4 rings (SSSR count). The highest BCUT2D eigenvalue weighted by Gasteiger charge is 2.24. The van der Waals surface area contributed by atoms with Crippen molar-refractivity contribution in [2.75, 3.05) is 33.7 Å². The Bertz CT molecular complexity index is 937. The molecule has 0 N–H and O–H groups in total. The van der Waals surface area contributed by atoms with E-state index >= 15 is 0 Å². The summed E-state index contributed by atoms with van der Waals surface area (Å²) >= 11 is 0. The maximum Gasteiger partial charge on any atom is 0.255 e. The van der Waals surface area contributed by atoms with E-state index in [0.29, 0.717) is 11.5 Å². The zero-order valence-corrected chi connectivity index (χ0v) is 14.8. The zero-order valence-electron chi connectivity index (χ0n) is 14.8. The van der Waals surface area contributed by atoms with Crippen LogP contribution in [0.5, 0.6) is 0 Å². The van der Waals surface area contributed by atoms with E-state index in [1.807, 2.05) is 42.3 Å². The molecule has 25 heavy (non-hydrogen) atoms. The van der Waals surface area contributed by atoms with Gasteiger partial charge in [0.05, 0.1) is 11.1 Å². The molecule has 0 spiro atoms. The van der Waals surface area contributed by atoms with Crippen LogP contribution in [-0.2, 0) is 0 Å². The molecule has 1 saturated heterocycles. The molecule has 0 aliphatic carbocycles. The Hall–Kier alpha value is -2.46. The Morgan fingerprint density at radius 2 is 2.04 bits per heavy atom. The number of carbonyl (C=O) groups is 1. The Morgan fingerprint density at radius 1 is 1.24 bits per heavy atom. The van der Waals surface area contributed by atoms with Crippen LogP contribution in [0.1, 0.15) is 16.8 Å². The summed E-state index contributed by atoms with van der Waals surface area (Å²) in [6.45, 7) is 2.98. The fraction of sp³-hybridized carbons (Fsp3) is 0.333. The van der Waals surface area contributed by atoms with Crippen LogP contribution in [0, 0.1) is 5.92 Å². The summed E-state index contributed by atoms with van der Waals surface area (Å²) in [5.41, 5.74) is 1.49. The molecule has 1 atom stereocenters. The first-order valence-corrected chi connectivity index (χ1v) is 8.84. The average molecular weight is 333 g/mol. The summed E-state index contributed by atoms with van der Waals surface area (Å²) in [6, 6.07) is 14.2. The zero-order chi connectivity index (χ0) is 17.4. The summed E-state index contributed by atoms with van der Waals surface area (Å²) in [7, 11) is 4.05. The maximum atomic E-state index is 13.1. The minimum absolute atomic E-state index is 0.0593. The van der Waals surface area contributed by atoms with E-state index in [4.69, 9.17) is 0 Å². The minimum atomic E-state index is 0.0593. The van der Waals surface area contributed by atoms with Crippen molar-refractivity contribution in [1.29, 1.82) is 0 Å². The largest absolute Gasteiger partial charge is 0.341 e. The SMILES string of the molecule is CN1CC[C@@H](CN(C)C(=O)c2cc3ccccc3c3cccnc23)C1. The number of pyridine rings is 1. The molecule has 4 nitrogen and oxygen atoms in total. The molecule has 0 bridgehead atoms. The lowest BCUT2D eigenvalue weighted by Gasteiger charge is -2.22. The molecule has 0 radical (unpaired) electrons. The van der Waals surface area contributed by atoms with Gasteiger partial charge < -0.3 is 9.80 Å². The number of fused-ring (bicyclic) bond motifs is 3.